The molecule has 2 nitrogen and oxygen atoms in total. The first-order valence-electron chi connectivity index (χ1n) is 8.26. The molecule has 0 fully saturated rings. The molecule has 0 heterocycles. The number of benzene rings is 4. The quantitative estimate of drug-likeness (QED) is 0.471. The fourth-order valence-electron chi connectivity index (χ4n) is 3.89. The maximum Gasteiger partial charge on any atom is 0.569 e. The van der Waals surface area contributed by atoms with Crippen molar-refractivity contribution in [3.63, 3.8) is 0 Å². The second-order valence-corrected chi connectivity index (χ2v) is 6.15. The van der Waals surface area contributed by atoms with Gasteiger partial charge in [-0.2, -0.15) is 0 Å². The molecule has 0 spiro atoms. The van der Waals surface area contributed by atoms with Crippen LogP contribution >= 0.6 is 0 Å². The van der Waals surface area contributed by atoms with Crippen molar-refractivity contribution in [2.75, 3.05) is 0 Å². The Labute approximate surface area is 146 Å². The second kappa shape index (κ2) is 5.50. The maximum atomic E-state index is 9.07. The van der Waals surface area contributed by atoms with Crippen LogP contribution in [0.4, 0.5) is 0 Å². The van der Waals surface area contributed by atoms with Gasteiger partial charge in [-0.05, 0) is 44.7 Å². The van der Waals surface area contributed by atoms with Crippen molar-refractivity contribution in [2.24, 2.45) is 0 Å². The van der Waals surface area contributed by atoms with Gasteiger partial charge >= 0.3 is 7.69 Å². The minimum absolute atomic E-state index is 0.640. The highest BCUT2D eigenvalue weighted by Gasteiger charge is 2.22. The average molecular weight is 321 g/mol. The second-order valence-electron chi connectivity index (χ2n) is 6.15. The monoisotopic (exact) mass is 321 g/mol. The van der Waals surface area contributed by atoms with Crippen LogP contribution in [0.5, 0.6) is 5.75 Å². The normalized spacial score (nSPS) is 11.4. The molecule has 117 valence electrons. The molecule has 1 N–H and O–H groups in total. The summed E-state index contributed by atoms with van der Waals surface area (Å²) in [5.41, 5.74) is 7.19. The van der Waals surface area contributed by atoms with Crippen molar-refractivity contribution >= 4 is 18.5 Å². The van der Waals surface area contributed by atoms with Crippen LogP contribution in [0.25, 0.3) is 44.2 Å². The van der Waals surface area contributed by atoms with Crippen LogP contribution < -0.4 is 4.65 Å². The largest absolute Gasteiger partial charge is 0.569 e. The van der Waals surface area contributed by atoms with E-state index in [1.165, 1.54) is 33.0 Å². The van der Waals surface area contributed by atoms with Crippen LogP contribution in [-0.4, -0.2) is 12.7 Å². The van der Waals surface area contributed by atoms with Gasteiger partial charge in [0, 0.05) is 5.56 Å². The Morgan fingerprint density at radius 3 is 1.92 bits per heavy atom. The lowest BCUT2D eigenvalue weighted by Gasteiger charge is -2.13. The third-order valence-corrected chi connectivity index (χ3v) is 4.90. The molecule has 0 aliphatic heterocycles. The Hall–Kier alpha value is -3.04. The topological polar surface area (TPSA) is 29.5 Å². The standard InChI is InChI=1S/C22H14BO2/c24-23-25-21-11-4-3-8-17(21)16-12-13-20-15-7-2-1-6-14(15)18-9-5-10-19(16)22(18)20/h1-13,24H. The highest BCUT2D eigenvalue weighted by molar-refractivity contribution is 6.20. The van der Waals surface area contributed by atoms with Crippen LogP contribution in [-0.2, 0) is 0 Å². The van der Waals surface area contributed by atoms with E-state index in [-0.39, 0.29) is 0 Å². The van der Waals surface area contributed by atoms with Gasteiger partial charge in [-0.15, -0.1) is 0 Å². The first-order chi connectivity index (χ1) is 12.4. The summed E-state index contributed by atoms with van der Waals surface area (Å²) < 4.78 is 5.31. The summed E-state index contributed by atoms with van der Waals surface area (Å²) in [4.78, 5) is 0. The minimum Gasteiger partial charge on any atom is -0.537 e. The van der Waals surface area contributed by atoms with Gasteiger partial charge in [0.1, 0.15) is 5.75 Å². The Bertz CT molecular complexity index is 1090. The van der Waals surface area contributed by atoms with E-state index >= 15 is 0 Å². The van der Waals surface area contributed by atoms with Crippen LogP contribution in [0.1, 0.15) is 0 Å². The van der Waals surface area contributed by atoms with E-state index in [1.54, 1.807) is 0 Å². The summed E-state index contributed by atoms with van der Waals surface area (Å²) in [5, 5.41) is 11.5. The van der Waals surface area contributed by atoms with Gasteiger partial charge in [0.25, 0.3) is 0 Å². The molecule has 1 aliphatic rings. The number of hydrogen-bond donors (Lipinski definition) is 1. The number of fused-ring (bicyclic) bond motifs is 3. The van der Waals surface area contributed by atoms with Crippen molar-refractivity contribution in [3.05, 3.63) is 78.9 Å². The van der Waals surface area contributed by atoms with Gasteiger partial charge in [0.05, 0.1) is 0 Å². The third kappa shape index (κ3) is 2.03. The highest BCUT2D eigenvalue weighted by atomic mass is 16.5. The van der Waals surface area contributed by atoms with Crippen LogP contribution in [0.15, 0.2) is 78.9 Å². The molecule has 0 atom stereocenters. The molecule has 0 amide bonds. The molecule has 1 radical (unpaired) electrons. The van der Waals surface area contributed by atoms with Crippen molar-refractivity contribution < 1.29 is 9.68 Å². The van der Waals surface area contributed by atoms with E-state index in [4.69, 9.17) is 9.68 Å². The molecule has 5 rings (SSSR count). The van der Waals surface area contributed by atoms with Crippen molar-refractivity contribution in [1.82, 2.24) is 0 Å². The Morgan fingerprint density at radius 2 is 1.16 bits per heavy atom. The van der Waals surface area contributed by atoms with Gasteiger partial charge in [-0.3, -0.25) is 0 Å². The Balaban J connectivity index is 1.84. The number of para-hydroxylation sites is 1. The molecule has 0 aromatic heterocycles. The minimum atomic E-state index is 0.640. The lowest BCUT2D eigenvalue weighted by atomic mass is 9.94. The fraction of sp³-hybridized carbons (Fsp3) is 0. The summed E-state index contributed by atoms with van der Waals surface area (Å²) in [6, 6.07) is 27.1. The first-order valence-corrected chi connectivity index (χ1v) is 8.26. The Morgan fingerprint density at radius 1 is 0.560 bits per heavy atom. The molecular formula is C22H14BO2. The van der Waals surface area contributed by atoms with Gasteiger partial charge in [-0.1, -0.05) is 72.8 Å². The molecule has 0 saturated heterocycles. The van der Waals surface area contributed by atoms with Gasteiger partial charge in [-0.25, -0.2) is 0 Å². The summed E-state index contributed by atoms with van der Waals surface area (Å²) in [6.07, 6.45) is 0. The maximum absolute atomic E-state index is 9.07. The molecular weight excluding hydrogens is 307 g/mol. The molecule has 25 heavy (non-hydrogen) atoms. The smallest absolute Gasteiger partial charge is 0.537 e. The van der Waals surface area contributed by atoms with E-state index < -0.39 is 0 Å². The number of hydrogen-bond acceptors (Lipinski definition) is 2. The molecule has 1 aliphatic carbocycles. The fourth-order valence-corrected chi connectivity index (χ4v) is 3.89. The zero-order valence-corrected chi connectivity index (χ0v) is 13.4. The molecule has 0 unspecified atom stereocenters. The van der Waals surface area contributed by atoms with Crippen molar-refractivity contribution in [3.8, 4) is 39.1 Å². The van der Waals surface area contributed by atoms with E-state index in [1.807, 2.05) is 24.3 Å². The Kier molecular flexibility index (Phi) is 3.15. The highest BCUT2D eigenvalue weighted by Crippen LogP contribution is 2.49. The zero-order chi connectivity index (χ0) is 16.8. The summed E-state index contributed by atoms with van der Waals surface area (Å²) in [6.45, 7) is 0. The van der Waals surface area contributed by atoms with Gasteiger partial charge < -0.3 is 9.68 Å². The summed E-state index contributed by atoms with van der Waals surface area (Å²) >= 11 is 0. The lowest BCUT2D eigenvalue weighted by molar-refractivity contribution is 0.455. The molecule has 0 saturated carbocycles. The van der Waals surface area contributed by atoms with E-state index in [9.17, 15) is 0 Å². The molecule has 3 heteroatoms. The van der Waals surface area contributed by atoms with Crippen LogP contribution in [0.2, 0.25) is 0 Å². The van der Waals surface area contributed by atoms with E-state index in [2.05, 4.69) is 54.6 Å². The summed E-state index contributed by atoms with van der Waals surface area (Å²) in [5.74, 6) is 0.640. The predicted molar refractivity (Wildman–Crippen MR) is 102 cm³/mol. The molecule has 4 aromatic rings. The first kappa shape index (κ1) is 14.3. The van der Waals surface area contributed by atoms with E-state index in [0.717, 1.165) is 18.8 Å². The lowest BCUT2D eigenvalue weighted by Crippen LogP contribution is -2.01. The van der Waals surface area contributed by atoms with Gasteiger partial charge in [0.15, 0.2) is 0 Å². The van der Waals surface area contributed by atoms with Crippen LogP contribution in [0.3, 0.4) is 0 Å². The number of rotatable bonds is 3. The third-order valence-electron chi connectivity index (χ3n) is 4.90. The van der Waals surface area contributed by atoms with Gasteiger partial charge in [0.2, 0.25) is 0 Å². The molecule has 0 bridgehead atoms. The summed E-state index contributed by atoms with van der Waals surface area (Å²) in [7, 11) is 0.731. The molecule has 4 aromatic carbocycles. The predicted octanol–water partition coefficient (Wildman–Crippen LogP) is 5.06. The zero-order valence-electron chi connectivity index (χ0n) is 13.4. The van der Waals surface area contributed by atoms with Crippen molar-refractivity contribution in [1.29, 1.82) is 0 Å². The van der Waals surface area contributed by atoms with E-state index in [0.29, 0.717) is 5.75 Å². The SMILES string of the molecule is O[B]Oc1ccccc1-c1ccc2c3c(cccc13)-c1ccccc1-2. The van der Waals surface area contributed by atoms with Crippen molar-refractivity contribution in [2.45, 2.75) is 0 Å². The van der Waals surface area contributed by atoms with Crippen LogP contribution in [0, 0.1) is 0 Å². The average Bonchev–Trinajstić information content (AvgIpc) is 2.99.